The number of ether oxygens (including phenoxy) is 1. The molecular formula is C12H21N3O. The van der Waals surface area contributed by atoms with Gasteiger partial charge in [-0.2, -0.15) is 0 Å². The van der Waals surface area contributed by atoms with Crippen LogP contribution >= 0.6 is 0 Å². The molecule has 1 saturated heterocycles. The van der Waals surface area contributed by atoms with Crippen LogP contribution in [-0.2, 0) is 4.74 Å². The first-order valence-electron chi connectivity index (χ1n) is 6.10. The van der Waals surface area contributed by atoms with Crippen LogP contribution in [0.3, 0.4) is 0 Å². The van der Waals surface area contributed by atoms with E-state index in [0.717, 1.165) is 19.6 Å². The molecule has 0 amide bonds. The number of hydrogen-bond donors (Lipinski definition) is 1. The number of aromatic nitrogens is 2. The van der Waals surface area contributed by atoms with Gasteiger partial charge in [0.1, 0.15) is 0 Å². The second-order valence-electron chi connectivity index (χ2n) is 4.39. The van der Waals surface area contributed by atoms with E-state index in [-0.39, 0.29) is 0 Å². The van der Waals surface area contributed by atoms with E-state index in [1.165, 1.54) is 18.5 Å². The van der Waals surface area contributed by atoms with Crippen LogP contribution in [0.2, 0.25) is 0 Å². The van der Waals surface area contributed by atoms with Gasteiger partial charge in [0, 0.05) is 19.3 Å². The molecule has 90 valence electrons. The Morgan fingerprint density at radius 3 is 3.19 bits per heavy atom. The first kappa shape index (κ1) is 11.6. The topological polar surface area (TPSA) is 39.1 Å². The molecule has 2 rings (SSSR count). The van der Waals surface area contributed by atoms with Gasteiger partial charge in [-0.1, -0.05) is 6.92 Å². The second kappa shape index (κ2) is 5.46. The average Bonchev–Trinajstić information content (AvgIpc) is 2.94. The summed E-state index contributed by atoms with van der Waals surface area (Å²) in [6.45, 7) is 4.07. The van der Waals surface area contributed by atoms with Gasteiger partial charge in [0.05, 0.1) is 24.7 Å². The van der Waals surface area contributed by atoms with Crippen molar-refractivity contribution < 1.29 is 4.74 Å². The van der Waals surface area contributed by atoms with E-state index in [9.17, 15) is 0 Å². The predicted octanol–water partition coefficient (Wildman–Crippen LogP) is 1.91. The second-order valence-corrected chi connectivity index (χ2v) is 4.39. The summed E-state index contributed by atoms with van der Waals surface area (Å²) in [5.74, 6) is 0. The molecule has 0 radical (unpaired) electrons. The van der Waals surface area contributed by atoms with Gasteiger partial charge in [0.25, 0.3) is 0 Å². The summed E-state index contributed by atoms with van der Waals surface area (Å²) in [5, 5.41) is 3.52. The number of methoxy groups -OCH3 is 1. The standard InChI is InChI=1S/C12H21N3O/c1-3-10(8-16-2)15-9-13-7-12(15)11-5-4-6-14-11/h7,9-11,14H,3-6,8H2,1-2H3. The van der Waals surface area contributed by atoms with Crippen molar-refractivity contribution in [3.05, 3.63) is 18.2 Å². The molecule has 1 aliphatic heterocycles. The zero-order valence-electron chi connectivity index (χ0n) is 10.1. The van der Waals surface area contributed by atoms with Crippen molar-refractivity contribution in [1.29, 1.82) is 0 Å². The van der Waals surface area contributed by atoms with Crippen LogP contribution in [0.4, 0.5) is 0 Å². The molecule has 1 fully saturated rings. The van der Waals surface area contributed by atoms with Crippen LogP contribution < -0.4 is 5.32 Å². The van der Waals surface area contributed by atoms with Gasteiger partial charge in [-0.15, -0.1) is 0 Å². The fourth-order valence-corrected chi connectivity index (χ4v) is 2.41. The van der Waals surface area contributed by atoms with E-state index in [2.05, 4.69) is 21.8 Å². The monoisotopic (exact) mass is 223 g/mol. The van der Waals surface area contributed by atoms with E-state index >= 15 is 0 Å². The van der Waals surface area contributed by atoms with E-state index in [1.54, 1.807) is 7.11 Å². The molecule has 0 aromatic carbocycles. The minimum absolute atomic E-state index is 0.407. The van der Waals surface area contributed by atoms with Gasteiger partial charge < -0.3 is 14.6 Å². The highest BCUT2D eigenvalue weighted by Crippen LogP contribution is 2.26. The molecule has 0 spiro atoms. The molecule has 4 nitrogen and oxygen atoms in total. The minimum atomic E-state index is 0.407. The van der Waals surface area contributed by atoms with Gasteiger partial charge in [-0.25, -0.2) is 4.98 Å². The molecule has 0 aliphatic carbocycles. The summed E-state index contributed by atoms with van der Waals surface area (Å²) in [6, 6.07) is 0.887. The number of nitrogens with one attached hydrogen (secondary N) is 1. The maximum absolute atomic E-state index is 5.27. The summed E-state index contributed by atoms with van der Waals surface area (Å²) >= 11 is 0. The molecule has 2 unspecified atom stereocenters. The van der Waals surface area contributed by atoms with E-state index in [4.69, 9.17) is 4.74 Å². The third-order valence-corrected chi connectivity index (χ3v) is 3.34. The minimum Gasteiger partial charge on any atom is -0.383 e. The maximum atomic E-state index is 5.27. The Morgan fingerprint density at radius 2 is 2.56 bits per heavy atom. The van der Waals surface area contributed by atoms with Crippen molar-refractivity contribution in [2.45, 2.75) is 38.3 Å². The average molecular weight is 223 g/mol. The quantitative estimate of drug-likeness (QED) is 0.828. The highest BCUT2D eigenvalue weighted by atomic mass is 16.5. The third-order valence-electron chi connectivity index (χ3n) is 3.34. The van der Waals surface area contributed by atoms with Crippen LogP contribution in [0.5, 0.6) is 0 Å². The normalized spacial score (nSPS) is 22.5. The van der Waals surface area contributed by atoms with Crippen molar-refractivity contribution in [3.8, 4) is 0 Å². The first-order chi connectivity index (χ1) is 7.86. The lowest BCUT2D eigenvalue weighted by molar-refractivity contribution is 0.151. The molecular weight excluding hydrogens is 202 g/mol. The third kappa shape index (κ3) is 2.28. The predicted molar refractivity (Wildman–Crippen MR) is 63.4 cm³/mol. The van der Waals surface area contributed by atoms with Crippen LogP contribution in [0.25, 0.3) is 0 Å². The molecule has 16 heavy (non-hydrogen) atoms. The van der Waals surface area contributed by atoms with Crippen LogP contribution in [0.1, 0.15) is 44.0 Å². The van der Waals surface area contributed by atoms with Crippen molar-refractivity contribution >= 4 is 0 Å². The number of imidazole rings is 1. The Balaban J connectivity index is 2.16. The highest BCUT2D eigenvalue weighted by molar-refractivity contribution is 5.08. The number of nitrogens with zero attached hydrogens (tertiary/aromatic N) is 2. The van der Waals surface area contributed by atoms with Crippen LogP contribution in [0, 0.1) is 0 Å². The lowest BCUT2D eigenvalue weighted by Gasteiger charge is -2.21. The summed E-state index contributed by atoms with van der Waals surface area (Å²) in [6.07, 6.45) is 7.47. The largest absolute Gasteiger partial charge is 0.383 e. The Bertz CT molecular complexity index is 318. The molecule has 1 aromatic rings. The molecule has 0 bridgehead atoms. The smallest absolute Gasteiger partial charge is 0.0952 e. The molecule has 1 aromatic heterocycles. The van der Waals surface area contributed by atoms with Crippen molar-refractivity contribution in [2.75, 3.05) is 20.3 Å². The van der Waals surface area contributed by atoms with E-state index in [0.29, 0.717) is 12.1 Å². The maximum Gasteiger partial charge on any atom is 0.0952 e. The van der Waals surface area contributed by atoms with E-state index in [1.807, 2.05) is 12.5 Å². The SMILES string of the molecule is CCC(COC)n1cncc1C1CCCN1. The van der Waals surface area contributed by atoms with E-state index < -0.39 is 0 Å². The number of rotatable bonds is 5. The zero-order valence-corrected chi connectivity index (χ0v) is 10.1. The summed E-state index contributed by atoms with van der Waals surface area (Å²) in [5.41, 5.74) is 1.31. The summed E-state index contributed by atoms with van der Waals surface area (Å²) < 4.78 is 7.54. The van der Waals surface area contributed by atoms with Gasteiger partial charge >= 0.3 is 0 Å². The fraction of sp³-hybridized carbons (Fsp3) is 0.750. The molecule has 2 heterocycles. The van der Waals surface area contributed by atoms with Crippen molar-refractivity contribution in [3.63, 3.8) is 0 Å². The lowest BCUT2D eigenvalue weighted by Crippen LogP contribution is -2.21. The number of hydrogen-bond acceptors (Lipinski definition) is 3. The van der Waals surface area contributed by atoms with Gasteiger partial charge in [0.2, 0.25) is 0 Å². The molecule has 1 N–H and O–H groups in total. The molecule has 4 heteroatoms. The highest BCUT2D eigenvalue weighted by Gasteiger charge is 2.22. The molecule has 2 atom stereocenters. The van der Waals surface area contributed by atoms with Gasteiger partial charge in [-0.3, -0.25) is 0 Å². The fourth-order valence-electron chi connectivity index (χ4n) is 2.41. The van der Waals surface area contributed by atoms with Crippen molar-refractivity contribution in [1.82, 2.24) is 14.9 Å². The Hall–Kier alpha value is -0.870. The molecule has 1 aliphatic rings. The van der Waals surface area contributed by atoms with Crippen molar-refractivity contribution in [2.24, 2.45) is 0 Å². The van der Waals surface area contributed by atoms with Gasteiger partial charge in [-0.05, 0) is 25.8 Å². The molecule has 0 saturated carbocycles. The first-order valence-corrected chi connectivity index (χ1v) is 6.10. The lowest BCUT2D eigenvalue weighted by atomic mass is 10.1. The van der Waals surface area contributed by atoms with Gasteiger partial charge in [0.15, 0.2) is 0 Å². The van der Waals surface area contributed by atoms with Crippen LogP contribution in [0.15, 0.2) is 12.5 Å². The zero-order chi connectivity index (χ0) is 11.4. The summed E-state index contributed by atoms with van der Waals surface area (Å²) in [4.78, 5) is 4.29. The Labute approximate surface area is 97.0 Å². The summed E-state index contributed by atoms with van der Waals surface area (Å²) in [7, 11) is 1.76. The van der Waals surface area contributed by atoms with Crippen LogP contribution in [-0.4, -0.2) is 29.8 Å². The Morgan fingerprint density at radius 1 is 1.69 bits per heavy atom. The Kier molecular flexibility index (Phi) is 3.96.